The molecule has 3 aromatic rings. The first kappa shape index (κ1) is 28.2. The van der Waals surface area contributed by atoms with Crippen molar-refractivity contribution in [2.24, 2.45) is 4.99 Å². The molecule has 0 saturated carbocycles. The van der Waals surface area contributed by atoms with Crippen LogP contribution in [0.25, 0.3) is 0 Å². The summed E-state index contributed by atoms with van der Waals surface area (Å²) in [5, 5.41) is 0. The predicted octanol–water partition coefficient (Wildman–Crippen LogP) is 5.48. The van der Waals surface area contributed by atoms with Crippen LogP contribution in [0, 0.1) is 23.3 Å². The van der Waals surface area contributed by atoms with Crippen molar-refractivity contribution in [3.63, 3.8) is 0 Å². The van der Waals surface area contributed by atoms with Gasteiger partial charge in [0.1, 0.15) is 35.3 Å². The molecule has 0 atom stereocenters. The van der Waals surface area contributed by atoms with Crippen LogP contribution in [0.2, 0.25) is 0 Å². The molecule has 0 aliphatic carbocycles. The van der Waals surface area contributed by atoms with E-state index in [2.05, 4.69) is 4.99 Å². The van der Waals surface area contributed by atoms with Crippen LogP contribution < -0.4 is 19.3 Å². The molecule has 41 heavy (non-hydrogen) atoms. The van der Waals surface area contributed by atoms with Crippen LogP contribution in [0.3, 0.4) is 0 Å². The maximum atomic E-state index is 15.2. The topological polar surface area (TPSA) is 71.4 Å². The number of aliphatic imine (C=N–C) groups is 1. The largest absolute Gasteiger partial charge is 0.497 e. The summed E-state index contributed by atoms with van der Waals surface area (Å²) in [7, 11) is 1.55. The van der Waals surface area contributed by atoms with Gasteiger partial charge in [-0.2, -0.15) is 4.99 Å². The summed E-state index contributed by atoms with van der Waals surface area (Å²) in [6, 6.07) is 11.2. The molecule has 3 aromatic carbocycles. The smallest absolute Gasteiger partial charge is 0.235 e. The fourth-order valence-corrected chi connectivity index (χ4v) is 5.35. The number of piperidine rings is 1. The van der Waals surface area contributed by atoms with Gasteiger partial charge in [0.2, 0.25) is 12.0 Å². The number of fused-ring (bicyclic) bond motifs is 1. The summed E-state index contributed by atoms with van der Waals surface area (Å²) in [6.07, 6.45) is 2.51. The molecule has 2 aliphatic heterocycles. The molecule has 2 heterocycles. The lowest BCUT2D eigenvalue weighted by atomic mass is 9.88. The second-order valence-electron chi connectivity index (χ2n) is 10.1. The molecular weight excluding hydrogens is 542 g/mol. The maximum absolute atomic E-state index is 15.2. The average molecular weight is 570 g/mol. The Kier molecular flexibility index (Phi) is 7.99. The molecule has 214 valence electrons. The molecule has 7 nitrogen and oxygen atoms in total. The first-order chi connectivity index (χ1) is 19.7. The minimum Gasteiger partial charge on any atom is -0.497 e. The number of methoxy groups -OCH3 is 1. The number of anilines is 2. The summed E-state index contributed by atoms with van der Waals surface area (Å²) in [4.78, 5) is 31.2. The van der Waals surface area contributed by atoms with Crippen LogP contribution in [0.15, 0.2) is 53.5 Å². The number of hydrogen-bond acceptors (Lipinski definition) is 6. The minimum absolute atomic E-state index is 0.0547. The predicted molar refractivity (Wildman–Crippen MR) is 143 cm³/mol. The quantitative estimate of drug-likeness (QED) is 0.155. The number of isocyanates is 1. The highest BCUT2D eigenvalue weighted by Gasteiger charge is 2.37. The van der Waals surface area contributed by atoms with E-state index in [1.165, 1.54) is 17.0 Å². The van der Waals surface area contributed by atoms with E-state index in [1.807, 2.05) is 0 Å². The number of carbonyl (C=O) groups excluding carboxylic acids is 2. The number of nitrogens with zero attached hydrogens (tertiary/aromatic N) is 3. The van der Waals surface area contributed by atoms with Crippen LogP contribution in [0.1, 0.15) is 30.4 Å². The molecule has 5 rings (SSSR count). The summed E-state index contributed by atoms with van der Waals surface area (Å²) >= 11 is 0. The van der Waals surface area contributed by atoms with E-state index in [-0.39, 0.29) is 69.2 Å². The fraction of sp³-hybridized carbons (Fsp3) is 0.333. The lowest BCUT2D eigenvalue weighted by Gasteiger charge is -2.39. The fourth-order valence-electron chi connectivity index (χ4n) is 5.35. The highest BCUT2D eigenvalue weighted by atomic mass is 19.2. The molecule has 11 heteroatoms. The van der Waals surface area contributed by atoms with E-state index in [9.17, 15) is 22.8 Å². The molecule has 1 fully saturated rings. The van der Waals surface area contributed by atoms with Gasteiger partial charge in [-0.25, -0.2) is 22.4 Å². The molecule has 0 N–H and O–H groups in total. The van der Waals surface area contributed by atoms with Crippen molar-refractivity contribution < 1.29 is 36.6 Å². The van der Waals surface area contributed by atoms with Crippen molar-refractivity contribution in [2.75, 3.05) is 36.6 Å². The highest BCUT2D eigenvalue weighted by molar-refractivity contribution is 5.97. The van der Waals surface area contributed by atoms with E-state index in [4.69, 9.17) is 9.47 Å². The van der Waals surface area contributed by atoms with Gasteiger partial charge in [-0.1, -0.05) is 12.1 Å². The molecule has 0 spiro atoms. The Balaban J connectivity index is 1.34. The molecule has 1 saturated heterocycles. The van der Waals surface area contributed by atoms with Gasteiger partial charge < -0.3 is 19.3 Å². The molecule has 0 radical (unpaired) electrons. The molecular formula is C30H27F4N3O4. The Morgan fingerprint density at radius 2 is 1.63 bits per heavy atom. The van der Waals surface area contributed by atoms with Crippen LogP contribution in [0.5, 0.6) is 11.5 Å². The Labute approximate surface area is 234 Å². The highest BCUT2D eigenvalue weighted by Crippen LogP contribution is 2.39. The third-order valence-corrected chi connectivity index (χ3v) is 7.65. The first-order valence-electron chi connectivity index (χ1n) is 13.1. The van der Waals surface area contributed by atoms with Gasteiger partial charge in [-0.3, -0.25) is 4.79 Å². The lowest BCUT2D eigenvalue weighted by Crippen LogP contribution is -2.47. The zero-order valence-electron chi connectivity index (χ0n) is 22.3. The van der Waals surface area contributed by atoms with Crippen LogP contribution >= 0.6 is 0 Å². The number of ether oxygens (including phenoxy) is 2. The normalized spacial score (nSPS) is 16.2. The van der Waals surface area contributed by atoms with Gasteiger partial charge in [0.15, 0.2) is 11.6 Å². The van der Waals surface area contributed by atoms with E-state index in [0.29, 0.717) is 23.1 Å². The number of halogens is 4. The van der Waals surface area contributed by atoms with Crippen molar-refractivity contribution in [3.8, 4) is 11.5 Å². The van der Waals surface area contributed by atoms with Gasteiger partial charge in [-0.05, 0) is 49.1 Å². The number of rotatable bonds is 8. The minimum atomic E-state index is -1.27. The van der Waals surface area contributed by atoms with Crippen molar-refractivity contribution in [3.05, 3.63) is 82.9 Å². The van der Waals surface area contributed by atoms with Gasteiger partial charge >= 0.3 is 0 Å². The third-order valence-electron chi connectivity index (χ3n) is 7.65. The van der Waals surface area contributed by atoms with Crippen LogP contribution in [-0.2, 0) is 22.6 Å². The summed E-state index contributed by atoms with van der Waals surface area (Å²) in [5.41, 5.74) is 0.377. The first-order valence-corrected chi connectivity index (χ1v) is 13.1. The van der Waals surface area contributed by atoms with Gasteiger partial charge in [-0.15, -0.1) is 0 Å². The lowest BCUT2D eigenvalue weighted by molar-refractivity contribution is -0.119. The Hall–Kier alpha value is -4.37. The Bertz CT molecular complexity index is 1500. The Morgan fingerprint density at radius 1 is 0.927 bits per heavy atom. The third kappa shape index (κ3) is 5.76. The average Bonchev–Trinajstić information content (AvgIpc) is 2.97. The second-order valence-corrected chi connectivity index (χ2v) is 10.1. The van der Waals surface area contributed by atoms with Crippen molar-refractivity contribution >= 4 is 23.4 Å². The van der Waals surface area contributed by atoms with Crippen molar-refractivity contribution in [2.45, 2.75) is 37.8 Å². The SMILES string of the molecule is COc1ccc(CN2C(=O)CCc3c(OCC4(N=C=O)CCN(c5cc(F)c(F)cc5F)CC4)ccc(F)c32)cc1. The van der Waals surface area contributed by atoms with E-state index in [1.54, 1.807) is 42.4 Å². The van der Waals surface area contributed by atoms with Gasteiger partial charge in [0.25, 0.3) is 0 Å². The Morgan fingerprint density at radius 3 is 2.32 bits per heavy atom. The zero-order chi connectivity index (χ0) is 29.1. The molecule has 2 aliphatic rings. The van der Waals surface area contributed by atoms with E-state index in [0.717, 1.165) is 11.6 Å². The number of benzene rings is 3. The monoisotopic (exact) mass is 569 g/mol. The van der Waals surface area contributed by atoms with Crippen LogP contribution in [-0.4, -0.2) is 44.3 Å². The second kappa shape index (κ2) is 11.6. The molecule has 0 aromatic heterocycles. The maximum Gasteiger partial charge on any atom is 0.235 e. The number of amides is 1. The molecule has 0 bridgehead atoms. The summed E-state index contributed by atoms with van der Waals surface area (Å²) < 4.78 is 67.9. The standard InChI is InChI=1S/C30H27F4N3O4/c1-40-20-4-2-19(3-5-20)16-37-28(39)9-6-21-27(8-7-22(31)29(21)37)41-17-30(35-18-38)10-12-36(13-11-30)26-15-24(33)23(32)14-25(26)34/h2-5,7-8,14-15H,6,9-13,16-17H2,1H3. The van der Waals surface area contributed by atoms with Gasteiger partial charge in [0, 0.05) is 37.2 Å². The van der Waals surface area contributed by atoms with E-state index >= 15 is 4.39 Å². The summed E-state index contributed by atoms with van der Waals surface area (Å²) in [6.45, 7) is 0.497. The molecule has 0 unspecified atom stereocenters. The summed E-state index contributed by atoms with van der Waals surface area (Å²) in [5.74, 6) is -3.08. The molecule has 1 amide bonds. The number of hydrogen-bond donors (Lipinski definition) is 0. The number of carbonyl (C=O) groups is 1. The van der Waals surface area contributed by atoms with E-state index < -0.39 is 28.8 Å². The van der Waals surface area contributed by atoms with Crippen molar-refractivity contribution in [1.29, 1.82) is 0 Å². The van der Waals surface area contributed by atoms with Gasteiger partial charge in [0.05, 0.1) is 25.0 Å². The zero-order valence-corrected chi connectivity index (χ0v) is 22.3. The van der Waals surface area contributed by atoms with Crippen molar-refractivity contribution in [1.82, 2.24) is 0 Å². The van der Waals surface area contributed by atoms with Crippen LogP contribution in [0.4, 0.5) is 28.9 Å².